The number of benzene rings is 3. The summed E-state index contributed by atoms with van der Waals surface area (Å²) >= 11 is 0. The summed E-state index contributed by atoms with van der Waals surface area (Å²) in [7, 11) is 0. The lowest BCUT2D eigenvalue weighted by atomic mass is 10.0. The second kappa shape index (κ2) is 10.1. The first-order valence-electron chi connectivity index (χ1n) is 11.6. The second-order valence-electron chi connectivity index (χ2n) is 8.72. The van der Waals surface area contributed by atoms with E-state index in [0.29, 0.717) is 5.69 Å². The van der Waals surface area contributed by atoms with Crippen LogP contribution in [-0.4, -0.2) is 41.6 Å². The van der Waals surface area contributed by atoms with Crippen LogP contribution in [0.15, 0.2) is 60.7 Å². The van der Waals surface area contributed by atoms with Gasteiger partial charge in [-0.1, -0.05) is 24.3 Å². The van der Waals surface area contributed by atoms with Gasteiger partial charge in [0.2, 0.25) is 5.91 Å². The van der Waals surface area contributed by atoms with E-state index in [1.165, 1.54) is 35.2 Å². The molecule has 0 radical (unpaired) electrons. The fraction of sp³-hybridized carbons (Fsp3) is 0.214. The van der Waals surface area contributed by atoms with Crippen molar-refractivity contribution in [2.24, 2.45) is 0 Å². The monoisotopic (exact) mass is 487 g/mol. The molecule has 0 spiro atoms. The lowest BCUT2D eigenvalue weighted by Gasteiger charge is -2.20. The molecule has 0 unspecified atom stereocenters. The Balaban J connectivity index is 1.49. The first-order valence-corrected chi connectivity index (χ1v) is 11.6. The lowest BCUT2D eigenvalue weighted by Crippen LogP contribution is -2.40. The predicted molar refractivity (Wildman–Crippen MR) is 133 cm³/mol. The average Bonchev–Trinajstić information content (AvgIpc) is 3.12. The molecule has 36 heavy (non-hydrogen) atoms. The van der Waals surface area contributed by atoms with Gasteiger partial charge in [-0.25, -0.2) is 9.29 Å². The molecule has 8 heteroatoms. The zero-order chi connectivity index (χ0) is 26.0. The average molecular weight is 488 g/mol. The van der Waals surface area contributed by atoms with Crippen molar-refractivity contribution >= 4 is 29.3 Å². The number of carbonyl (C=O) groups excluding carboxylic acids is 4. The van der Waals surface area contributed by atoms with Crippen LogP contribution in [0.5, 0.6) is 0 Å². The molecule has 1 N–H and O–H groups in total. The number of nitrogens with zero attached hydrogens (tertiary/aromatic N) is 2. The minimum Gasteiger partial charge on any atom is -0.350 e. The molecule has 1 aliphatic rings. The molecule has 3 aromatic carbocycles. The Hall–Kier alpha value is -4.33. The number of hydrogen-bond acceptors (Lipinski definition) is 4. The van der Waals surface area contributed by atoms with Crippen LogP contribution in [-0.2, 0) is 11.3 Å². The Labute approximate surface area is 208 Å². The standard InChI is InChI=1S/C28H26FN3O4/c1-4-31(16-25(33)30-15-19-7-10-21(29)11-8-19)26(34)20-9-12-22-23(14-20)28(36)32(27(22)35)24-13-17(2)5-6-18(24)3/h5-14H,4,15-16H2,1-3H3,(H,30,33). The van der Waals surface area contributed by atoms with Gasteiger partial charge in [0.05, 0.1) is 23.4 Å². The number of amides is 4. The van der Waals surface area contributed by atoms with Gasteiger partial charge in [0.1, 0.15) is 5.82 Å². The van der Waals surface area contributed by atoms with Gasteiger partial charge in [-0.05, 0) is 73.9 Å². The first kappa shape index (κ1) is 24.8. The first-order chi connectivity index (χ1) is 17.2. The largest absolute Gasteiger partial charge is 0.350 e. The Morgan fingerprint density at radius 1 is 0.917 bits per heavy atom. The molecular weight excluding hydrogens is 461 g/mol. The molecule has 184 valence electrons. The fourth-order valence-corrected chi connectivity index (χ4v) is 4.09. The summed E-state index contributed by atoms with van der Waals surface area (Å²) in [6, 6.07) is 15.7. The van der Waals surface area contributed by atoms with Crippen LogP contribution in [0.3, 0.4) is 0 Å². The van der Waals surface area contributed by atoms with Crippen LogP contribution in [0.1, 0.15) is 54.7 Å². The van der Waals surface area contributed by atoms with Crippen LogP contribution < -0.4 is 10.2 Å². The van der Waals surface area contributed by atoms with Crippen LogP contribution >= 0.6 is 0 Å². The molecule has 0 fully saturated rings. The Kier molecular flexibility index (Phi) is 6.96. The van der Waals surface area contributed by atoms with Crippen LogP contribution in [0, 0.1) is 19.7 Å². The Morgan fingerprint density at radius 2 is 1.61 bits per heavy atom. The predicted octanol–water partition coefficient (Wildman–Crippen LogP) is 4.02. The maximum Gasteiger partial charge on any atom is 0.266 e. The van der Waals surface area contributed by atoms with Crippen LogP contribution in [0.2, 0.25) is 0 Å². The number of imide groups is 1. The highest BCUT2D eigenvalue weighted by atomic mass is 19.1. The van der Waals surface area contributed by atoms with Gasteiger partial charge in [-0.3, -0.25) is 19.2 Å². The van der Waals surface area contributed by atoms with Crippen molar-refractivity contribution in [3.8, 4) is 0 Å². The highest BCUT2D eigenvalue weighted by molar-refractivity contribution is 6.35. The molecule has 0 aromatic heterocycles. The third-order valence-electron chi connectivity index (χ3n) is 6.15. The van der Waals surface area contributed by atoms with Gasteiger partial charge in [0.15, 0.2) is 0 Å². The smallest absolute Gasteiger partial charge is 0.266 e. The number of halogens is 1. The third kappa shape index (κ3) is 4.88. The topological polar surface area (TPSA) is 86.8 Å². The summed E-state index contributed by atoms with van der Waals surface area (Å²) in [5.74, 6) is -2.08. The van der Waals surface area contributed by atoms with Crippen molar-refractivity contribution in [2.45, 2.75) is 27.3 Å². The lowest BCUT2D eigenvalue weighted by molar-refractivity contribution is -0.121. The van der Waals surface area contributed by atoms with E-state index in [0.717, 1.165) is 21.6 Å². The summed E-state index contributed by atoms with van der Waals surface area (Å²) < 4.78 is 13.0. The SMILES string of the molecule is CCN(CC(=O)NCc1ccc(F)cc1)C(=O)c1ccc2c(c1)C(=O)N(c1cc(C)ccc1C)C2=O. The quantitative estimate of drug-likeness (QED) is 0.510. The Morgan fingerprint density at radius 3 is 2.31 bits per heavy atom. The maximum absolute atomic E-state index is 13.2. The third-order valence-corrected chi connectivity index (χ3v) is 6.15. The van der Waals surface area contributed by atoms with E-state index in [2.05, 4.69) is 5.32 Å². The van der Waals surface area contributed by atoms with E-state index in [9.17, 15) is 23.6 Å². The van der Waals surface area contributed by atoms with Crippen molar-refractivity contribution in [2.75, 3.05) is 18.0 Å². The van der Waals surface area contributed by atoms with E-state index < -0.39 is 17.7 Å². The number of likely N-dealkylation sites (N-methyl/N-ethyl adjacent to an activating group) is 1. The highest BCUT2D eigenvalue weighted by Crippen LogP contribution is 2.32. The molecular formula is C28H26FN3O4. The normalized spacial score (nSPS) is 12.5. The summed E-state index contributed by atoms with van der Waals surface area (Å²) in [5.41, 5.74) is 3.55. The fourth-order valence-electron chi connectivity index (χ4n) is 4.09. The van der Waals surface area contributed by atoms with Gasteiger partial charge in [-0.15, -0.1) is 0 Å². The number of anilines is 1. The minimum atomic E-state index is -0.488. The van der Waals surface area contributed by atoms with Crippen LogP contribution in [0.25, 0.3) is 0 Å². The molecule has 0 aliphatic carbocycles. The number of carbonyl (C=O) groups is 4. The van der Waals surface area contributed by atoms with Crippen molar-refractivity contribution in [3.05, 3.63) is 99.9 Å². The summed E-state index contributed by atoms with van der Waals surface area (Å²) in [6.07, 6.45) is 0. The molecule has 0 bridgehead atoms. The van der Waals surface area contributed by atoms with Crippen molar-refractivity contribution < 1.29 is 23.6 Å². The zero-order valence-electron chi connectivity index (χ0n) is 20.3. The Bertz CT molecular complexity index is 1370. The van der Waals surface area contributed by atoms with Gasteiger partial charge >= 0.3 is 0 Å². The van der Waals surface area contributed by atoms with E-state index in [1.54, 1.807) is 25.1 Å². The van der Waals surface area contributed by atoms with Crippen molar-refractivity contribution in [1.29, 1.82) is 0 Å². The summed E-state index contributed by atoms with van der Waals surface area (Å²) in [5, 5.41) is 2.72. The van der Waals surface area contributed by atoms with Gasteiger partial charge < -0.3 is 10.2 Å². The van der Waals surface area contributed by atoms with Gasteiger partial charge in [-0.2, -0.15) is 0 Å². The van der Waals surface area contributed by atoms with E-state index >= 15 is 0 Å². The summed E-state index contributed by atoms with van der Waals surface area (Å²) in [4.78, 5) is 54.3. The number of hydrogen-bond donors (Lipinski definition) is 1. The van der Waals surface area contributed by atoms with Gasteiger partial charge in [0.25, 0.3) is 17.7 Å². The van der Waals surface area contributed by atoms with E-state index in [1.807, 2.05) is 26.0 Å². The van der Waals surface area contributed by atoms with Crippen molar-refractivity contribution in [3.63, 3.8) is 0 Å². The molecule has 0 saturated heterocycles. The number of aryl methyl sites for hydroxylation is 2. The molecule has 0 atom stereocenters. The summed E-state index contributed by atoms with van der Waals surface area (Å²) in [6.45, 7) is 5.74. The number of fused-ring (bicyclic) bond motifs is 1. The number of rotatable bonds is 7. The molecule has 4 rings (SSSR count). The van der Waals surface area contributed by atoms with E-state index in [-0.39, 0.29) is 48.0 Å². The number of nitrogens with one attached hydrogen (secondary N) is 1. The molecule has 0 saturated carbocycles. The molecule has 4 amide bonds. The zero-order valence-corrected chi connectivity index (χ0v) is 20.3. The molecule has 7 nitrogen and oxygen atoms in total. The highest BCUT2D eigenvalue weighted by Gasteiger charge is 2.38. The molecule has 1 heterocycles. The van der Waals surface area contributed by atoms with Crippen LogP contribution in [0.4, 0.5) is 10.1 Å². The molecule has 3 aromatic rings. The van der Waals surface area contributed by atoms with Crippen molar-refractivity contribution in [1.82, 2.24) is 10.2 Å². The maximum atomic E-state index is 13.2. The second-order valence-corrected chi connectivity index (χ2v) is 8.72. The van der Waals surface area contributed by atoms with Gasteiger partial charge in [0, 0.05) is 18.7 Å². The van der Waals surface area contributed by atoms with E-state index in [4.69, 9.17) is 0 Å². The molecule has 1 aliphatic heterocycles. The minimum absolute atomic E-state index is 0.156.